The normalized spacial score (nSPS) is 16.3. The molecule has 1 aliphatic rings. The van der Waals surface area contributed by atoms with E-state index in [1.54, 1.807) is 36.4 Å². The second-order valence-electron chi connectivity index (χ2n) is 6.67. The lowest BCUT2D eigenvalue weighted by Gasteiger charge is -2.14. The van der Waals surface area contributed by atoms with E-state index in [0.29, 0.717) is 30.1 Å². The molecule has 29 heavy (non-hydrogen) atoms. The fourth-order valence-electron chi connectivity index (χ4n) is 2.88. The topological polar surface area (TPSA) is 91.8 Å². The number of amides is 2. The molecule has 2 aromatic carbocycles. The Morgan fingerprint density at radius 3 is 2.62 bits per heavy atom. The first-order valence-electron chi connectivity index (χ1n) is 9.37. The Morgan fingerprint density at radius 2 is 1.93 bits per heavy atom. The van der Waals surface area contributed by atoms with Crippen LogP contribution in [0, 0.1) is 5.82 Å². The molecule has 1 heterocycles. The van der Waals surface area contributed by atoms with Crippen molar-refractivity contribution in [3.8, 4) is 0 Å². The molecule has 3 rings (SSSR count). The summed E-state index contributed by atoms with van der Waals surface area (Å²) in [4.78, 5) is 28.4. The van der Waals surface area contributed by atoms with Crippen molar-refractivity contribution in [2.75, 3.05) is 23.8 Å². The van der Waals surface area contributed by atoms with Gasteiger partial charge >= 0.3 is 0 Å². The molecule has 0 aliphatic carbocycles. The minimum absolute atomic E-state index is 0.0139. The second-order valence-corrected chi connectivity index (χ2v) is 6.67. The van der Waals surface area contributed by atoms with Crippen LogP contribution in [0.3, 0.4) is 0 Å². The zero-order valence-corrected chi connectivity index (χ0v) is 16.1. The largest absolute Gasteiger partial charge is 0.376 e. The van der Waals surface area contributed by atoms with Gasteiger partial charge in [-0.05, 0) is 55.3 Å². The fourth-order valence-corrected chi connectivity index (χ4v) is 2.88. The van der Waals surface area contributed by atoms with Gasteiger partial charge < -0.3 is 15.4 Å². The van der Waals surface area contributed by atoms with Crippen LogP contribution >= 0.6 is 0 Å². The van der Waals surface area contributed by atoms with Crippen molar-refractivity contribution in [3.63, 3.8) is 0 Å². The quantitative estimate of drug-likeness (QED) is 0.533. The molecule has 2 aromatic rings. The van der Waals surface area contributed by atoms with E-state index in [1.807, 2.05) is 0 Å². The Labute approximate surface area is 168 Å². The summed E-state index contributed by atoms with van der Waals surface area (Å²) in [5.74, 6) is -0.730. The standard InChI is InChI=1S/C21H23FN4O3/c1-14(27)24-18-5-2-4-15(12-18)20(28)26-21(23-13-19-6-3-11-29-19)25-17-9-7-16(22)8-10-17/h2,4-5,7-10,12,19H,3,6,11,13H2,1H3,(H,24,27)(H2,23,25,26,28)/t19-/m1/s1. The Hall–Kier alpha value is -3.26. The van der Waals surface area contributed by atoms with Gasteiger partial charge in [-0.2, -0.15) is 0 Å². The number of hydrogen-bond acceptors (Lipinski definition) is 4. The van der Waals surface area contributed by atoms with Gasteiger partial charge in [-0.15, -0.1) is 0 Å². The molecule has 3 N–H and O–H groups in total. The number of carbonyl (C=O) groups is 2. The number of halogens is 1. The lowest BCUT2D eigenvalue weighted by atomic mass is 10.2. The SMILES string of the molecule is CC(=O)Nc1cccc(C(=O)NC(=NC[C@H]2CCCO2)Nc2ccc(F)cc2)c1. The molecule has 0 spiro atoms. The van der Waals surface area contributed by atoms with Crippen molar-refractivity contribution in [3.05, 3.63) is 59.9 Å². The van der Waals surface area contributed by atoms with Gasteiger partial charge in [0.25, 0.3) is 5.91 Å². The Balaban J connectivity index is 1.74. The molecule has 1 aliphatic heterocycles. The summed E-state index contributed by atoms with van der Waals surface area (Å²) in [5, 5.41) is 8.39. The predicted octanol–water partition coefficient (Wildman–Crippen LogP) is 3.16. The van der Waals surface area contributed by atoms with Gasteiger partial charge in [-0.1, -0.05) is 6.07 Å². The van der Waals surface area contributed by atoms with E-state index in [-0.39, 0.29) is 23.8 Å². The molecule has 8 heteroatoms. The van der Waals surface area contributed by atoms with E-state index >= 15 is 0 Å². The van der Waals surface area contributed by atoms with Crippen molar-refractivity contribution >= 4 is 29.1 Å². The minimum Gasteiger partial charge on any atom is -0.376 e. The van der Waals surface area contributed by atoms with E-state index < -0.39 is 5.91 Å². The molecule has 2 amide bonds. The van der Waals surface area contributed by atoms with Crippen molar-refractivity contribution in [2.45, 2.75) is 25.9 Å². The number of rotatable bonds is 5. The summed E-state index contributed by atoms with van der Waals surface area (Å²) in [5.41, 5.74) is 1.47. The molecule has 152 valence electrons. The van der Waals surface area contributed by atoms with Gasteiger partial charge in [0.2, 0.25) is 11.9 Å². The molecule has 0 bridgehead atoms. The number of guanidine groups is 1. The highest BCUT2D eigenvalue weighted by atomic mass is 19.1. The Morgan fingerprint density at radius 1 is 1.14 bits per heavy atom. The van der Waals surface area contributed by atoms with E-state index in [4.69, 9.17) is 4.74 Å². The highest BCUT2D eigenvalue weighted by molar-refractivity contribution is 6.10. The molecule has 1 atom stereocenters. The number of anilines is 2. The molecular weight excluding hydrogens is 375 g/mol. The summed E-state index contributed by atoms with van der Waals surface area (Å²) in [6.45, 7) is 2.51. The van der Waals surface area contributed by atoms with Gasteiger partial charge in [0.05, 0.1) is 12.6 Å². The van der Waals surface area contributed by atoms with Crippen LogP contribution in [0.1, 0.15) is 30.1 Å². The molecule has 0 radical (unpaired) electrons. The number of benzene rings is 2. The smallest absolute Gasteiger partial charge is 0.258 e. The number of ether oxygens (including phenoxy) is 1. The average Bonchev–Trinajstić information content (AvgIpc) is 3.21. The van der Waals surface area contributed by atoms with Crippen LogP contribution < -0.4 is 16.0 Å². The number of hydrogen-bond donors (Lipinski definition) is 3. The van der Waals surface area contributed by atoms with E-state index in [9.17, 15) is 14.0 Å². The van der Waals surface area contributed by atoms with Crippen molar-refractivity contribution < 1.29 is 18.7 Å². The van der Waals surface area contributed by atoms with Crippen molar-refractivity contribution in [2.24, 2.45) is 4.99 Å². The van der Waals surface area contributed by atoms with Crippen LogP contribution in [0.2, 0.25) is 0 Å². The molecule has 1 fully saturated rings. The maximum absolute atomic E-state index is 13.2. The molecule has 0 unspecified atom stereocenters. The lowest BCUT2D eigenvalue weighted by molar-refractivity contribution is -0.114. The molecular formula is C21H23FN4O3. The molecule has 0 saturated carbocycles. The van der Waals surface area contributed by atoms with Gasteiger partial charge in [0.15, 0.2) is 0 Å². The van der Waals surface area contributed by atoms with Crippen LogP contribution in [0.25, 0.3) is 0 Å². The predicted molar refractivity (Wildman–Crippen MR) is 110 cm³/mol. The highest BCUT2D eigenvalue weighted by Crippen LogP contribution is 2.14. The summed E-state index contributed by atoms with van der Waals surface area (Å²) in [6.07, 6.45) is 1.92. The van der Waals surface area contributed by atoms with Crippen LogP contribution in [-0.2, 0) is 9.53 Å². The molecule has 0 aromatic heterocycles. The third-order valence-electron chi connectivity index (χ3n) is 4.26. The molecule has 7 nitrogen and oxygen atoms in total. The van der Waals surface area contributed by atoms with Gasteiger partial charge in [-0.25, -0.2) is 9.38 Å². The maximum atomic E-state index is 13.2. The van der Waals surface area contributed by atoms with Crippen LogP contribution in [0.5, 0.6) is 0 Å². The highest BCUT2D eigenvalue weighted by Gasteiger charge is 2.16. The summed E-state index contributed by atoms with van der Waals surface area (Å²) < 4.78 is 18.7. The zero-order valence-electron chi connectivity index (χ0n) is 16.1. The molecule has 1 saturated heterocycles. The number of carbonyl (C=O) groups excluding carboxylic acids is 2. The maximum Gasteiger partial charge on any atom is 0.258 e. The number of aliphatic imine (C=N–C) groups is 1. The first kappa shape index (κ1) is 20.5. The van der Waals surface area contributed by atoms with E-state index in [0.717, 1.165) is 12.8 Å². The number of nitrogens with zero attached hydrogens (tertiary/aromatic N) is 1. The van der Waals surface area contributed by atoms with Crippen LogP contribution in [0.15, 0.2) is 53.5 Å². The Kier molecular flexibility index (Phi) is 6.91. The lowest BCUT2D eigenvalue weighted by Crippen LogP contribution is -2.36. The van der Waals surface area contributed by atoms with Crippen molar-refractivity contribution in [1.29, 1.82) is 0 Å². The van der Waals surface area contributed by atoms with E-state index in [2.05, 4.69) is 20.9 Å². The first-order valence-corrected chi connectivity index (χ1v) is 9.37. The third kappa shape index (κ3) is 6.39. The van der Waals surface area contributed by atoms with Crippen LogP contribution in [0.4, 0.5) is 15.8 Å². The minimum atomic E-state index is -0.391. The van der Waals surface area contributed by atoms with Gasteiger partial charge in [0, 0.05) is 30.5 Å². The van der Waals surface area contributed by atoms with Gasteiger partial charge in [-0.3, -0.25) is 14.9 Å². The number of nitrogens with one attached hydrogen (secondary N) is 3. The Bertz CT molecular complexity index is 893. The zero-order chi connectivity index (χ0) is 20.6. The van der Waals surface area contributed by atoms with Gasteiger partial charge in [0.1, 0.15) is 5.82 Å². The first-order chi connectivity index (χ1) is 14.0. The van der Waals surface area contributed by atoms with E-state index in [1.165, 1.54) is 19.1 Å². The third-order valence-corrected chi connectivity index (χ3v) is 4.26. The summed E-state index contributed by atoms with van der Waals surface area (Å²) in [7, 11) is 0. The monoisotopic (exact) mass is 398 g/mol. The van der Waals surface area contributed by atoms with Crippen molar-refractivity contribution in [1.82, 2.24) is 5.32 Å². The second kappa shape index (κ2) is 9.79. The summed E-state index contributed by atoms with van der Waals surface area (Å²) in [6, 6.07) is 12.3. The average molecular weight is 398 g/mol. The summed E-state index contributed by atoms with van der Waals surface area (Å²) >= 11 is 0. The fraction of sp³-hybridized carbons (Fsp3) is 0.286. The van der Waals surface area contributed by atoms with Crippen LogP contribution in [-0.4, -0.2) is 37.0 Å².